The zero-order valence-electron chi connectivity index (χ0n) is 13.8. The molecule has 1 N–H and O–H groups in total. The summed E-state index contributed by atoms with van der Waals surface area (Å²) in [6, 6.07) is 8.46. The molecule has 2 atom stereocenters. The van der Waals surface area contributed by atoms with E-state index in [2.05, 4.69) is 64.2 Å². The summed E-state index contributed by atoms with van der Waals surface area (Å²) in [5.41, 5.74) is 1.33. The Morgan fingerprint density at radius 1 is 1.05 bits per heavy atom. The number of benzene rings is 1. The van der Waals surface area contributed by atoms with Gasteiger partial charge in [-0.2, -0.15) is 0 Å². The highest BCUT2D eigenvalue weighted by molar-refractivity contribution is 5.36. The molecule has 1 aromatic carbocycles. The van der Waals surface area contributed by atoms with E-state index in [-0.39, 0.29) is 0 Å². The monoisotopic (exact) mass is 277 g/mol. The van der Waals surface area contributed by atoms with Crippen LogP contribution >= 0.6 is 0 Å². The number of nitrogens with one attached hydrogen (secondary N) is 1. The Bertz CT molecular complexity index is 375. The van der Waals surface area contributed by atoms with Gasteiger partial charge in [0.05, 0.1) is 6.61 Å². The molecule has 0 aliphatic carbocycles. The Hall–Kier alpha value is -1.02. The van der Waals surface area contributed by atoms with Gasteiger partial charge in [0.1, 0.15) is 5.75 Å². The molecule has 0 aromatic heterocycles. The number of para-hydroxylation sites is 1. The first-order valence-corrected chi connectivity index (χ1v) is 7.98. The summed E-state index contributed by atoms with van der Waals surface area (Å²) in [5.74, 6) is 2.86. The maximum atomic E-state index is 5.88. The maximum Gasteiger partial charge on any atom is 0.122 e. The molecule has 2 heteroatoms. The molecule has 0 fully saturated rings. The SMILES string of the molecule is CCCOc1ccccc1C(C)C(C)CNCC(C)C. The Morgan fingerprint density at radius 3 is 2.40 bits per heavy atom. The van der Waals surface area contributed by atoms with Gasteiger partial charge < -0.3 is 10.1 Å². The van der Waals surface area contributed by atoms with Crippen molar-refractivity contribution in [3.05, 3.63) is 29.8 Å². The second-order valence-electron chi connectivity index (χ2n) is 6.20. The molecule has 114 valence electrons. The molecule has 0 aliphatic rings. The van der Waals surface area contributed by atoms with Crippen LogP contribution in [0.3, 0.4) is 0 Å². The van der Waals surface area contributed by atoms with Gasteiger partial charge in [0.25, 0.3) is 0 Å². The highest BCUT2D eigenvalue weighted by Crippen LogP contribution is 2.31. The van der Waals surface area contributed by atoms with Crippen molar-refractivity contribution in [1.82, 2.24) is 5.32 Å². The van der Waals surface area contributed by atoms with Gasteiger partial charge in [0.2, 0.25) is 0 Å². The number of hydrogen-bond donors (Lipinski definition) is 1. The van der Waals surface area contributed by atoms with Crippen molar-refractivity contribution in [3.63, 3.8) is 0 Å². The summed E-state index contributed by atoms with van der Waals surface area (Å²) in [7, 11) is 0. The summed E-state index contributed by atoms with van der Waals surface area (Å²) in [6.07, 6.45) is 1.05. The molecule has 0 spiro atoms. The summed E-state index contributed by atoms with van der Waals surface area (Å²) in [6.45, 7) is 14.2. The fraction of sp³-hybridized carbons (Fsp3) is 0.667. The van der Waals surface area contributed by atoms with E-state index in [1.807, 2.05) is 0 Å². The van der Waals surface area contributed by atoms with Gasteiger partial charge in [0.15, 0.2) is 0 Å². The van der Waals surface area contributed by atoms with Gasteiger partial charge in [-0.3, -0.25) is 0 Å². The molecule has 0 heterocycles. The van der Waals surface area contributed by atoms with E-state index < -0.39 is 0 Å². The Balaban J connectivity index is 2.63. The van der Waals surface area contributed by atoms with Gasteiger partial charge in [-0.15, -0.1) is 0 Å². The lowest BCUT2D eigenvalue weighted by Crippen LogP contribution is -2.27. The van der Waals surface area contributed by atoms with Crippen LogP contribution in [-0.4, -0.2) is 19.7 Å². The topological polar surface area (TPSA) is 21.3 Å². The zero-order chi connectivity index (χ0) is 15.0. The summed E-state index contributed by atoms with van der Waals surface area (Å²) in [4.78, 5) is 0. The molecule has 0 saturated carbocycles. The molecule has 1 rings (SSSR count). The van der Waals surface area contributed by atoms with Crippen LogP contribution in [0, 0.1) is 11.8 Å². The number of ether oxygens (including phenoxy) is 1. The van der Waals surface area contributed by atoms with Crippen LogP contribution in [0.25, 0.3) is 0 Å². The lowest BCUT2D eigenvalue weighted by atomic mass is 9.88. The molecule has 0 aliphatic heterocycles. The molecule has 1 aromatic rings. The van der Waals surface area contributed by atoms with Gasteiger partial charge in [-0.1, -0.05) is 52.8 Å². The first kappa shape index (κ1) is 17.0. The third-order valence-electron chi connectivity index (χ3n) is 3.74. The van der Waals surface area contributed by atoms with Crippen LogP contribution in [0.1, 0.15) is 52.5 Å². The predicted octanol–water partition coefficient (Wildman–Crippen LogP) is 4.46. The average molecular weight is 277 g/mol. The second-order valence-corrected chi connectivity index (χ2v) is 6.20. The molecule has 0 amide bonds. The third-order valence-corrected chi connectivity index (χ3v) is 3.74. The minimum Gasteiger partial charge on any atom is -0.493 e. The van der Waals surface area contributed by atoms with Crippen LogP contribution in [0.2, 0.25) is 0 Å². The Morgan fingerprint density at radius 2 is 1.75 bits per heavy atom. The fourth-order valence-electron chi connectivity index (χ4n) is 2.28. The Kier molecular flexibility index (Phi) is 7.68. The van der Waals surface area contributed by atoms with Gasteiger partial charge in [-0.05, 0) is 48.9 Å². The van der Waals surface area contributed by atoms with E-state index in [4.69, 9.17) is 4.74 Å². The first-order valence-electron chi connectivity index (χ1n) is 7.98. The molecular weight excluding hydrogens is 246 g/mol. The van der Waals surface area contributed by atoms with Crippen molar-refractivity contribution in [2.45, 2.75) is 47.0 Å². The van der Waals surface area contributed by atoms with Crippen molar-refractivity contribution in [3.8, 4) is 5.75 Å². The van der Waals surface area contributed by atoms with Crippen LogP contribution in [0.5, 0.6) is 5.75 Å². The second kappa shape index (κ2) is 9.02. The summed E-state index contributed by atoms with van der Waals surface area (Å²) >= 11 is 0. The highest BCUT2D eigenvalue weighted by atomic mass is 16.5. The van der Waals surface area contributed by atoms with E-state index in [0.717, 1.165) is 31.9 Å². The summed E-state index contributed by atoms with van der Waals surface area (Å²) < 4.78 is 5.88. The summed E-state index contributed by atoms with van der Waals surface area (Å²) in [5, 5.41) is 3.56. The predicted molar refractivity (Wildman–Crippen MR) is 87.5 cm³/mol. The van der Waals surface area contributed by atoms with Crippen LogP contribution in [-0.2, 0) is 0 Å². The smallest absolute Gasteiger partial charge is 0.122 e. The Labute approximate surface area is 124 Å². The minimum absolute atomic E-state index is 0.503. The van der Waals surface area contributed by atoms with Crippen molar-refractivity contribution in [1.29, 1.82) is 0 Å². The zero-order valence-corrected chi connectivity index (χ0v) is 13.8. The van der Waals surface area contributed by atoms with E-state index in [1.165, 1.54) is 5.56 Å². The fourth-order valence-corrected chi connectivity index (χ4v) is 2.28. The highest BCUT2D eigenvalue weighted by Gasteiger charge is 2.17. The molecular formula is C18H31NO. The van der Waals surface area contributed by atoms with Crippen LogP contribution in [0.15, 0.2) is 24.3 Å². The molecule has 0 saturated heterocycles. The van der Waals surface area contributed by atoms with Gasteiger partial charge in [-0.25, -0.2) is 0 Å². The van der Waals surface area contributed by atoms with Gasteiger partial charge in [0, 0.05) is 0 Å². The van der Waals surface area contributed by atoms with Crippen molar-refractivity contribution < 1.29 is 4.74 Å². The van der Waals surface area contributed by atoms with Crippen molar-refractivity contribution in [2.24, 2.45) is 11.8 Å². The molecule has 0 radical (unpaired) electrons. The van der Waals surface area contributed by atoms with Crippen LogP contribution in [0.4, 0.5) is 0 Å². The number of rotatable bonds is 9. The van der Waals surface area contributed by atoms with Gasteiger partial charge >= 0.3 is 0 Å². The molecule has 0 bridgehead atoms. The number of hydrogen-bond acceptors (Lipinski definition) is 2. The minimum atomic E-state index is 0.503. The normalized spacial score (nSPS) is 14.3. The van der Waals surface area contributed by atoms with Crippen LogP contribution < -0.4 is 10.1 Å². The molecule has 2 nitrogen and oxygen atoms in total. The largest absolute Gasteiger partial charge is 0.493 e. The van der Waals surface area contributed by atoms with E-state index in [0.29, 0.717) is 17.8 Å². The van der Waals surface area contributed by atoms with E-state index >= 15 is 0 Å². The quantitative estimate of drug-likeness (QED) is 0.719. The van der Waals surface area contributed by atoms with Crippen molar-refractivity contribution >= 4 is 0 Å². The maximum absolute atomic E-state index is 5.88. The lowest BCUT2D eigenvalue weighted by Gasteiger charge is -2.23. The first-order chi connectivity index (χ1) is 9.56. The third kappa shape index (κ3) is 5.54. The van der Waals surface area contributed by atoms with Crippen molar-refractivity contribution in [2.75, 3.05) is 19.7 Å². The van der Waals surface area contributed by atoms with E-state index in [9.17, 15) is 0 Å². The molecule has 20 heavy (non-hydrogen) atoms. The van der Waals surface area contributed by atoms with E-state index in [1.54, 1.807) is 0 Å². The molecule has 2 unspecified atom stereocenters. The standard InChI is InChI=1S/C18H31NO/c1-6-11-20-18-10-8-7-9-17(18)16(5)15(4)13-19-12-14(2)3/h7-10,14-16,19H,6,11-13H2,1-5H3. The average Bonchev–Trinajstić information content (AvgIpc) is 2.44. The lowest BCUT2D eigenvalue weighted by molar-refractivity contribution is 0.308.